The molecule has 3 N–H and O–H groups in total. The number of carbonyl (C=O) groups excluding carboxylic acids is 3. The molecule has 5 rings (SSSR count). The number of aliphatic hydroxyl groups is 1. The number of rotatable bonds is 8. The fourth-order valence-corrected chi connectivity index (χ4v) is 5.12. The fraction of sp³-hybridized carbons (Fsp3) is 0.385. The molecular weight excluding hydrogens is 478 g/mol. The first-order chi connectivity index (χ1) is 17.8. The number of hydrogen-bond acceptors (Lipinski definition) is 8. The molecule has 3 aliphatic heterocycles. The predicted molar refractivity (Wildman–Crippen MR) is 133 cm³/mol. The van der Waals surface area contributed by atoms with Crippen LogP contribution in [0, 0.1) is 6.92 Å². The third-order valence-corrected chi connectivity index (χ3v) is 7.18. The van der Waals surface area contributed by atoms with Crippen LogP contribution >= 0.6 is 0 Å². The van der Waals surface area contributed by atoms with Gasteiger partial charge in [0.2, 0.25) is 0 Å². The van der Waals surface area contributed by atoms with Crippen molar-refractivity contribution in [3.63, 3.8) is 0 Å². The number of methoxy groups -OCH3 is 1. The van der Waals surface area contributed by atoms with E-state index in [1.165, 1.54) is 12.0 Å². The number of aromatic nitrogens is 1. The summed E-state index contributed by atoms with van der Waals surface area (Å²) in [5.74, 6) is 0.653. The molecule has 2 saturated heterocycles. The largest absolute Gasteiger partial charge is 0.497 e. The van der Waals surface area contributed by atoms with Crippen molar-refractivity contribution in [2.45, 2.75) is 37.9 Å². The molecule has 0 saturated carbocycles. The molecule has 3 aliphatic rings. The van der Waals surface area contributed by atoms with Crippen molar-refractivity contribution in [3.8, 4) is 11.5 Å². The number of anilines is 1. The van der Waals surface area contributed by atoms with Crippen LogP contribution in [0.2, 0.25) is 0 Å². The lowest BCUT2D eigenvalue weighted by Crippen LogP contribution is -2.57. The predicted octanol–water partition coefficient (Wildman–Crippen LogP) is 1.49. The van der Waals surface area contributed by atoms with Gasteiger partial charge in [0.1, 0.15) is 23.1 Å². The third-order valence-electron chi connectivity index (χ3n) is 7.18. The normalized spacial score (nSPS) is 22.7. The van der Waals surface area contributed by atoms with Crippen molar-refractivity contribution in [2.24, 2.45) is 0 Å². The lowest BCUT2D eigenvalue weighted by molar-refractivity contribution is -0.123. The van der Waals surface area contributed by atoms with E-state index in [1.807, 2.05) is 0 Å². The third kappa shape index (κ3) is 4.25. The number of hydrogen-bond donors (Lipinski definition) is 3. The van der Waals surface area contributed by atoms with Crippen LogP contribution in [0.1, 0.15) is 34.5 Å². The van der Waals surface area contributed by atoms with Crippen LogP contribution in [0.15, 0.2) is 42.7 Å². The summed E-state index contributed by atoms with van der Waals surface area (Å²) >= 11 is 0. The van der Waals surface area contributed by atoms with E-state index in [4.69, 9.17) is 9.47 Å². The highest BCUT2D eigenvalue weighted by atomic mass is 16.5. The van der Waals surface area contributed by atoms with Gasteiger partial charge in [-0.25, -0.2) is 9.78 Å². The minimum Gasteiger partial charge on any atom is -0.497 e. The Morgan fingerprint density at radius 3 is 2.76 bits per heavy atom. The van der Waals surface area contributed by atoms with Gasteiger partial charge in [-0.2, -0.15) is 0 Å². The molecule has 0 unspecified atom stereocenters. The molecule has 4 heterocycles. The molecule has 2 fully saturated rings. The van der Waals surface area contributed by atoms with Crippen LogP contribution in [0.3, 0.4) is 0 Å². The highest BCUT2D eigenvalue weighted by molar-refractivity contribution is 6.09. The van der Waals surface area contributed by atoms with Crippen molar-refractivity contribution >= 4 is 23.7 Å². The van der Waals surface area contributed by atoms with Gasteiger partial charge in [0, 0.05) is 18.7 Å². The van der Waals surface area contributed by atoms with Crippen LogP contribution in [0.5, 0.6) is 11.5 Å². The number of amides is 4. The fourth-order valence-electron chi connectivity index (χ4n) is 5.12. The maximum Gasteiger partial charge on any atom is 0.322 e. The summed E-state index contributed by atoms with van der Waals surface area (Å²) in [6, 6.07) is 8.06. The molecule has 2 aromatic rings. The molecule has 0 aliphatic carbocycles. The number of benzene rings is 1. The van der Waals surface area contributed by atoms with E-state index < -0.39 is 17.5 Å². The van der Waals surface area contributed by atoms with E-state index in [0.29, 0.717) is 22.8 Å². The van der Waals surface area contributed by atoms with E-state index in [-0.39, 0.29) is 37.4 Å². The van der Waals surface area contributed by atoms with E-state index in [2.05, 4.69) is 27.1 Å². The van der Waals surface area contributed by atoms with Crippen molar-refractivity contribution in [1.29, 1.82) is 0 Å². The van der Waals surface area contributed by atoms with E-state index in [1.54, 1.807) is 37.3 Å². The standard InChI is InChI=1S/C26H29N5O6/c1-15-21(8-9-22(27-15)31-10-4-5-18(31)13-32)37-16(2)26(24(34)28-25(35)29-26)14-30-12-17-6-7-19(36-3)11-20(17)23(30)33/h6-9,11,18,32H,2,4-5,10,12-14H2,1,3H3,(H2,28,29,34,35)/t18-,26-/m0/s1. The molecule has 194 valence electrons. The van der Waals surface area contributed by atoms with Gasteiger partial charge in [0.15, 0.2) is 5.54 Å². The molecule has 4 amide bonds. The van der Waals surface area contributed by atoms with Crippen LogP contribution < -0.4 is 25.0 Å². The Morgan fingerprint density at radius 2 is 2.08 bits per heavy atom. The maximum atomic E-state index is 13.2. The van der Waals surface area contributed by atoms with Crippen molar-refractivity contribution in [2.75, 3.05) is 31.7 Å². The summed E-state index contributed by atoms with van der Waals surface area (Å²) < 4.78 is 11.3. The maximum absolute atomic E-state index is 13.2. The van der Waals surface area contributed by atoms with Crippen molar-refractivity contribution in [3.05, 3.63) is 59.5 Å². The summed E-state index contributed by atoms with van der Waals surface area (Å²) in [6.45, 7) is 6.68. The molecule has 1 aromatic carbocycles. The van der Waals surface area contributed by atoms with Crippen molar-refractivity contribution < 1.29 is 29.0 Å². The number of aliphatic hydroxyl groups excluding tert-OH is 1. The zero-order chi connectivity index (χ0) is 26.3. The second kappa shape index (κ2) is 9.40. The number of fused-ring (bicyclic) bond motifs is 1. The molecule has 11 nitrogen and oxygen atoms in total. The number of urea groups is 1. The van der Waals surface area contributed by atoms with Crippen molar-refractivity contribution in [1.82, 2.24) is 20.5 Å². The molecule has 0 radical (unpaired) electrons. The molecular formula is C26H29N5O6. The Kier molecular flexibility index (Phi) is 6.24. The van der Waals surface area contributed by atoms with E-state index >= 15 is 0 Å². The average Bonchev–Trinajstić information content (AvgIpc) is 3.56. The second-order valence-electron chi connectivity index (χ2n) is 9.45. The van der Waals surface area contributed by atoms with Crippen LogP contribution in [0.4, 0.5) is 10.6 Å². The number of nitrogens with zero attached hydrogens (tertiary/aromatic N) is 3. The van der Waals surface area contributed by atoms with E-state index in [0.717, 1.165) is 30.8 Å². The number of nitrogens with one attached hydrogen (secondary N) is 2. The number of carbonyl (C=O) groups is 3. The van der Waals surface area contributed by atoms with Crippen LogP contribution in [0.25, 0.3) is 0 Å². The van der Waals surface area contributed by atoms with Crippen LogP contribution in [-0.4, -0.2) is 71.2 Å². The molecule has 2 atom stereocenters. The SMILES string of the molecule is C=C(Oc1ccc(N2CCC[C@H]2CO)nc1C)[C@]1(CN2Cc3ccc(OC)cc3C2=O)NC(=O)NC1=O. The summed E-state index contributed by atoms with van der Waals surface area (Å²) in [6.07, 6.45) is 1.87. The van der Waals surface area contributed by atoms with Gasteiger partial charge in [0.05, 0.1) is 32.0 Å². The first kappa shape index (κ1) is 24.6. The Labute approximate surface area is 214 Å². The number of imide groups is 1. The number of pyridine rings is 1. The minimum atomic E-state index is -1.69. The quantitative estimate of drug-likeness (QED) is 0.362. The first-order valence-corrected chi connectivity index (χ1v) is 12.1. The Bertz CT molecular complexity index is 1300. The molecule has 1 aromatic heterocycles. The highest BCUT2D eigenvalue weighted by Gasteiger charge is 2.53. The number of ether oxygens (including phenoxy) is 2. The van der Waals surface area contributed by atoms with Gasteiger partial charge in [-0.05, 0) is 49.6 Å². The lowest BCUT2D eigenvalue weighted by Gasteiger charge is -2.32. The summed E-state index contributed by atoms with van der Waals surface area (Å²) in [4.78, 5) is 46.6. The van der Waals surface area contributed by atoms with Gasteiger partial charge in [-0.1, -0.05) is 12.6 Å². The summed E-state index contributed by atoms with van der Waals surface area (Å²) in [7, 11) is 1.52. The zero-order valence-corrected chi connectivity index (χ0v) is 20.7. The average molecular weight is 508 g/mol. The Balaban J connectivity index is 1.38. The monoisotopic (exact) mass is 507 g/mol. The number of aryl methyl sites for hydroxylation is 1. The smallest absolute Gasteiger partial charge is 0.322 e. The lowest BCUT2D eigenvalue weighted by atomic mass is 9.96. The van der Waals surface area contributed by atoms with Gasteiger partial charge in [0.25, 0.3) is 11.8 Å². The molecule has 0 bridgehead atoms. The van der Waals surface area contributed by atoms with Crippen LogP contribution in [-0.2, 0) is 11.3 Å². The summed E-state index contributed by atoms with van der Waals surface area (Å²) in [5, 5.41) is 14.5. The Hall–Kier alpha value is -4.12. The first-order valence-electron chi connectivity index (χ1n) is 12.1. The molecule has 11 heteroatoms. The Morgan fingerprint density at radius 1 is 1.27 bits per heavy atom. The van der Waals surface area contributed by atoms with Gasteiger partial charge >= 0.3 is 6.03 Å². The topological polar surface area (TPSA) is 133 Å². The van der Waals surface area contributed by atoms with Gasteiger partial charge in [-0.3, -0.25) is 14.9 Å². The zero-order valence-electron chi connectivity index (χ0n) is 20.7. The highest BCUT2D eigenvalue weighted by Crippen LogP contribution is 2.33. The minimum absolute atomic E-state index is 0.0244. The van der Waals surface area contributed by atoms with Gasteiger partial charge < -0.3 is 29.7 Å². The van der Waals surface area contributed by atoms with E-state index in [9.17, 15) is 19.5 Å². The summed E-state index contributed by atoms with van der Waals surface area (Å²) in [5.41, 5.74) is 0.125. The second-order valence-corrected chi connectivity index (χ2v) is 9.45. The molecule has 0 spiro atoms. The van der Waals surface area contributed by atoms with Gasteiger partial charge in [-0.15, -0.1) is 0 Å². The molecule has 37 heavy (non-hydrogen) atoms.